The molecular formula is C12H17BrN2S. The van der Waals surface area contributed by atoms with Crippen LogP contribution in [0.2, 0.25) is 0 Å². The van der Waals surface area contributed by atoms with Crippen LogP contribution in [0.3, 0.4) is 0 Å². The summed E-state index contributed by atoms with van der Waals surface area (Å²) >= 11 is 5.65. The van der Waals surface area contributed by atoms with Gasteiger partial charge in [-0.25, -0.2) is 0 Å². The number of hydrogen-bond donors (Lipinski definition) is 1. The summed E-state index contributed by atoms with van der Waals surface area (Å²) in [4.78, 5) is 2.43. The summed E-state index contributed by atoms with van der Waals surface area (Å²) < 4.78 is 1.18. The van der Waals surface area contributed by atoms with Crippen molar-refractivity contribution < 1.29 is 0 Å². The van der Waals surface area contributed by atoms with Crippen LogP contribution in [0.4, 0.5) is 5.69 Å². The molecule has 0 amide bonds. The number of thioether (sulfide) groups is 1. The van der Waals surface area contributed by atoms with Crippen LogP contribution in [0.1, 0.15) is 5.56 Å². The van der Waals surface area contributed by atoms with Crippen LogP contribution < -0.4 is 10.6 Å². The molecule has 2 rings (SSSR count). The van der Waals surface area contributed by atoms with E-state index in [1.54, 1.807) is 0 Å². The van der Waals surface area contributed by atoms with Crippen molar-refractivity contribution >= 4 is 33.4 Å². The SMILES string of the molecule is Cc1ccc(N2CCSCC2CN)c(Br)c1. The molecule has 1 heterocycles. The Kier molecular flexibility index (Phi) is 4.16. The number of halogens is 1. The highest BCUT2D eigenvalue weighted by Gasteiger charge is 2.22. The number of nitrogens with zero attached hydrogens (tertiary/aromatic N) is 1. The summed E-state index contributed by atoms with van der Waals surface area (Å²) in [5, 5.41) is 0. The first-order valence-corrected chi connectivity index (χ1v) is 7.47. The van der Waals surface area contributed by atoms with Crippen molar-refractivity contribution in [3.8, 4) is 0 Å². The fraction of sp³-hybridized carbons (Fsp3) is 0.500. The smallest absolute Gasteiger partial charge is 0.0514 e. The topological polar surface area (TPSA) is 29.3 Å². The second-order valence-corrected chi connectivity index (χ2v) is 6.12. The second-order valence-electron chi connectivity index (χ2n) is 4.11. The minimum absolute atomic E-state index is 0.470. The van der Waals surface area contributed by atoms with Gasteiger partial charge in [-0.15, -0.1) is 0 Å². The molecule has 0 aliphatic carbocycles. The van der Waals surface area contributed by atoms with Crippen molar-refractivity contribution in [2.45, 2.75) is 13.0 Å². The molecule has 4 heteroatoms. The van der Waals surface area contributed by atoms with E-state index in [4.69, 9.17) is 5.73 Å². The fourth-order valence-electron chi connectivity index (χ4n) is 2.01. The maximum atomic E-state index is 5.84. The number of hydrogen-bond acceptors (Lipinski definition) is 3. The third-order valence-corrected chi connectivity index (χ3v) is 4.64. The predicted molar refractivity (Wildman–Crippen MR) is 76.4 cm³/mol. The lowest BCUT2D eigenvalue weighted by atomic mass is 10.2. The summed E-state index contributed by atoms with van der Waals surface area (Å²) in [6.07, 6.45) is 0. The van der Waals surface area contributed by atoms with Crippen molar-refractivity contribution in [3.05, 3.63) is 28.2 Å². The molecule has 0 spiro atoms. The zero-order chi connectivity index (χ0) is 11.5. The summed E-state index contributed by atoms with van der Waals surface area (Å²) in [7, 11) is 0. The van der Waals surface area contributed by atoms with Gasteiger partial charge in [0.2, 0.25) is 0 Å². The molecule has 1 aliphatic rings. The number of rotatable bonds is 2. The highest BCUT2D eigenvalue weighted by Crippen LogP contribution is 2.31. The number of nitrogens with two attached hydrogens (primary N) is 1. The van der Waals surface area contributed by atoms with Gasteiger partial charge in [0.25, 0.3) is 0 Å². The number of anilines is 1. The van der Waals surface area contributed by atoms with E-state index in [1.807, 2.05) is 11.8 Å². The van der Waals surface area contributed by atoms with Crippen molar-refractivity contribution in [2.24, 2.45) is 5.73 Å². The summed E-state index contributed by atoms with van der Waals surface area (Å²) in [5.41, 5.74) is 8.40. The van der Waals surface area contributed by atoms with Crippen molar-refractivity contribution in [1.82, 2.24) is 0 Å². The minimum atomic E-state index is 0.470. The van der Waals surface area contributed by atoms with E-state index < -0.39 is 0 Å². The molecule has 1 fully saturated rings. The van der Waals surface area contributed by atoms with Gasteiger partial charge in [0.1, 0.15) is 0 Å². The van der Waals surface area contributed by atoms with Gasteiger partial charge in [-0.05, 0) is 40.5 Å². The molecular weight excluding hydrogens is 284 g/mol. The third-order valence-electron chi connectivity index (χ3n) is 2.91. The Morgan fingerprint density at radius 2 is 2.38 bits per heavy atom. The van der Waals surface area contributed by atoms with E-state index >= 15 is 0 Å². The summed E-state index contributed by atoms with van der Waals surface area (Å²) in [6, 6.07) is 7.00. The first-order chi connectivity index (χ1) is 7.72. The van der Waals surface area contributed by atoms with Crippen LogP contribution in [0, 0.1) is 6.92 Å². The molecule has 0 aromatic heterocycles. The Balaban J connectivity index is 2.27. The van der Waals surface area contributed by atoms with Crippen LogP contribution in [0.5, 0.6) is 0 Å². The van der Waals surface area contributed by atoms with E-state index in [0.717, 1.165) is 18.8 Å². The molecule has 2 nitrogen and oxygen atoms in total. The van der Waals surface area contributed by atoms with Gasteiger partial charge in [0.05, 0.1) is 11.7 Å². The van der Waals surface area contributed by atoms with E-state index in [-0.39, 0.29) is 0 Å². The zero-order valence-electron chi connectivity index (χ0n) is 9.45. The molecule has 88 valence electrons. The van der Waals surface area contributed by atoms with Gasteiger partial charge in [-0.1, -0.05) is 6.07 Å². The van der Waals surface area contributed by atoms with Crippen LogP contribution in [0.25, 0.3) is 0 Å². The Morgan fingerprint density at radius 1 is 1.56 bits per heavy atom. The van der Waals surface area contributed by atoms with Gasteiger partial charge in [-0.3, -0.25) is 0 Å². The standard InChI is InChI=1S/C12H17BrN2S/c1-9-2-3-12(11(13)6-9)15-4-5-16-8-10(15)7-14/h2-3,6,10H,4-5,7-8,14H2,1H3. The van der Waals surface area contributed by atoms with Gasteiger partial charge in [-0.2, -0.15) is 11.8 Å². The van der Waals surface area contributed by atoms with Crippen molar-refractivity contribution in [3.63, 3.8) is 0 Å². The van der Waals surface area contributed by atoms with E-state index in [2.05, 4.69) is 46.0 Å². The van der Waals surface area contributed by atoms with Crippen LogP contribution in [-0.4, -0.2) is 30.6 Å². The third kappa shape index (κ3) is 2.55. The Labute approximate surface area is 110 Å². The Bertz CT molecular complexity index is 370. The van der Waals surface area contributed by atoms with Crippen LogP contribution in [-0.2, 0) is 0 Å². The highest BCUT2D eigenvalue weighted by molar-refractivity contribution is 9.10. The lowest BCUT2D eigenvalue weighted by Crippen LogP contribution is -2.47. The fourth-order valence-corrected chi connectivity index (χ4v) is 3.81. The average molecular weight is 301 g/mol. The summed E-state index contributed by atoms with van der Waals surface area (Å²) in [6.45, 7) is 3.93. The Hall–Kier alpha value is -0.190. The molecule has 1 saturated heterocycles. The molecule has 2 N–H and O–H groups in total. The molecule has 1 aromatic carbocycles. The molecule has 1 unspecified atom stereocenters. The number of benzene rings is 1. The lowest BCUT2D eigenvalue weighted by Gasteiger charge is -2.37. The maximum absolute atomic E-state index is 5.84. The quantitative estimate of drug-likeness (QED) is 0.910. The normalized spacial score (nSPS) is 21.2. The van der Waals surface area contributed by atoms with Crippen molar-refractivity contribution in [1.29, 1.82) is 0 Å². The first kappa shape index (κ1) is 12.3. The van der Waals surface area contributed by atoms with Gasteiger partial charge < -0.3 is 10.6 Å². The predicted octanol–water partition coefficient (Wildman–Crippen LogP) is 2.64. The second kappa shape index (κ2) is 5.43. The van der Waals surface area contributed by atoms with Crippen LogP contribution >= 0.6 is 27.7 Å². The molecule has 1 aliphatic heterocycles. The monoisotopic (exact) mass is 300 g/mol. The molecule has 16 heavy (non-hydrogen) atoms. The molecule has 0 bridgehead atoms. The van der Waals surface area contributed by atoms with Gasteiger partial charge in [0.15, 0.2) is 0 Å². The summed E-state index contributed by atoms with van der Waals surface area (Å²) in [5.74, 6) is 2.33. The van der Waals surface area contributed by atoms with E-state index in [9.17, 15) is 0 Å². The molecule has 1 aromatic rings. The molecule has 0 radical (unpaired) electrons. The highest BCUT2D eigenvalue weighted by atomic mass is 79.9. The van der Waals surface area contributed by atoms with E-state index in [0.29, 0.717) is 6.04 Å². The number of aryl methyl sites for hydroxylation is 1. The minimum Gasteiger partial charge on any atom is -0.365 e. The molecule has 0 saturated carbocycles. The maximum Gasteiger partial charge on any atom is 0.0514 e. The van der Waals surface area contributed by atoms with Gasteiger partial charge in [0, 0.05) is 29.1 Å². The zero-order valence-corrected chi connectivity index (χ0v) is 11.9. The van der Waals surface area contributed by atoms with E-state index in [1.165, 1.54) is 21.5 Å². The van der Waals surface area contributed by atoms with Crippen LogP contribution in [0.15, 0.2) is 22.7 Å². The molecule has 1 atom stereocenters. The average Bonchev–Trinajstić information content (AvgIpc) is 2.29. The van der Waals surface area contributed by atoms with Gasteiger partial charge >= 0.3 is 0 Å². The first-order valence-electron chi connectivity index (χ1n) is 5.53. The Morgan fingerprint density at radius 3 is 3.06 bits per heavy atom. The largest absolute Gasteiger partial charge is 0.365 e. The lowest BCUT2D eigenvalue weighted by molar-refractivity contribution is 0.654. The van der Waals surface area contributed by atoms with Crippen molar-refractivity contribution in [2.75, 3.05) is 29.5 Å².